The van der Waals surface area contributed by atoms with Crippen LogP contribution in [-0.2, 0) is 0 Å². The number of nitrogens with zero attached hydrogens (tertiary/aromatic N) is 1. The van der Waals surface area contributed by atoms with Gasteiger partial charge in [-0.3, -0.25) is 4.90 Å². The first kappa shape index (κ1) is 25.8. The molecule has 1 aromatic carbocycles. The van der Waals surface area contributed by atoms with Gasteiger partial charge in [-0.15, -0.1) is 24.8 Å². The molecule has 11 heteroatoms. The van der Waals surface area contributed by atoms with Gasteiger partial charge in [-0.1, -0.05) is 15.9 Å². The first-order valence-electron chi connectivity index (χ1n) is 7.08. The van der Waals surface area contributed by atoms with Crippen molar-refractivity contribution in [1.82, 2.24) is 10.2 Å². The molecule has 0 aromatic heterocycles. The van der Waals surface area contributed by atoms with Crippen LogP contribution in [0.5, 0.6) is 5.75 Å². The molecule has 1 saturated heterocycles. The van der Waals surface area contributed by atoms with Crippen molar-refractivity contribution in [3.8, 4) is 5.75 Å². The van der Waals surface area contributed by atoms with E-state index in [0.29, 0.717) is 32.1 Å². The third-order valence-electron chi connectivity index (χ3n) is 3.81. The molecule has 2 rings (SSSR count). The van der Waals surface area contributed by atoms with Crippen LogP contribution < -0.4 is 5.32 Å². The van der Waals surface area contributed by atoms with E-state index in [1.807, 2.05) is 4.90 Å². The average molecular weight is 598 g/mol. The number of rotatable bonds is 4. The molecule has 0 unspecified atom stereocenters. The summed E-state index contributed by atoms with van der Waals surface area (Å²) in [5.74, 6) is -0.00431. The Labute approximate surface area is 182 Å². The maximum absolute atomic E-state index is 12.7. The molecule has 2 N–H and O–H groups in total. The number of benzene rings is 1. The standard InChI is InChI=1S/C14H16Br3F3N2O.2ClH/c15-8-7-9(16)13(23)12(17)11(8)10(1-2-14(18,19)20)22-5-3-21-4-6-22;;/h7,10,21,23H,1-6H2;2*1H/t10-;;/m1../s1. The monoisotopic (exact) mass is 594 g/mol. The summed E-state index contributed by atoms with van der Waals surface area (Å²) in [6, 6.07) is 1.24. The van der Waals surface area contributed by atoms with Crippen LogP contribution in [0.4, 0.5) is 13.2 Å². The first-order chi connectivity index (χ1) is 10.7. The number of halogens is 8. The molecule has 0 saturated carbocycles. The van der Waals surface area contributed by atoms with Crippen molar-refractivity contribution in [1.29, 1.82) is 0 Å². The smallest absolute Gasteiger partial charge is 0.389 e. The molecule has 1 fully saturated rings. The Hall–Kier alpha value is 0.750. The summed E-state index contributed by atoms with van der Waals surface area (Å²) in [5, 5.41) is 13.3. The quantitative estimate of drug-likeness (QED) is 0.460. The average Bonchev–Trinajstić information content (AvgIpc) is 2.48. The van der Waals surface area contributed by atoms with Gasteiger partial charge in [-0.25, -0.2) is 0 Å². The molecule has 3 nitrogen and oxygen atoms in total. The normalized spacial score (nSPS) is 16.7. The Bertz CT molecular complexity index is 573. The zero-order valence-corrected chi connectivity index (χ0v) is 19.3. The predicted molar refractivity (Wildman–Crippen MR) is 108 cm³/mol. The van der Waals surface area contributed by atoms with Gasteiger partial charge in [0.15, 0.2) is 0 Å². The van der Waals surface area contributed by atoms with E-state index in [2.05, 4.69) is 53.1 Å². The number of nitrogens with one attached hydrogen (secondary N) is 1. The Morgan fingerprint density at radius 3 is 2.20 bits per heavy atom. The second-order valence-electron chi connectivity index (χ2n) is 5.37. The van der Waals surface area contributed by atoms with Crippen LogP contribution in [0.3, 0.4) is 0 Å². The number of hydrogen-bond donors (Lipinski definition) is 2. The van der Waals surface area contributed by atoms with E-state index in [1.165, 1.54) is 0 Å². The van der Waals surface area contributed by atoms with Crippen molar-refractivity contribution in [3.05, 3.63) is 25.0 Å². The molecule has 0 bridgehead atoms. The van der Waals surface area contributed by atoms with E-state index < -0.39 is 18.6 Å². The highest BCUT2D eigenvalue weighted by Crippen LogP contribution is 2.45. The molecule has 0 radical (unpaired) electrons. The Kier molecular flexibility index (Phi) is 11.3. The largest absolute Gasteiger partial charge is 0.506 e. The third-order valence-corrected chi connectivity index (χ3v) is 5.87. The molecule has 1 aliphatic rings. The second kappa shape index (κ2) is 10.9. The topological polar surface area (TPSA) is 35.5 Å². The van der Waals surface area contributed by atoms with Crippen LogP contribution in [0.15, 0.2) is 19.5 Å². The summed E-state index contributed by atoms with van der Waals surface area (Å²) in [6.07, 6.45) is -5.12. The van der Waals surface area contributed by atoms with Crippen LogP contribution in [-0.4, -0.2) is 42.4 Å². The van der Waals surface area contributed by atoms with Gasteiger partial charge in [0, 0.05) is 48.7 Å². The van der Waals surface area contributed by atoms with Crippen molar-refractivity contribution >= 4 is 72.6 Å². The SMILES string of the molecule is Cl.Cl.Oc1c(Br)cc(Br)c([C@@H](CCC(F)(F)F)N2CCNCC2)c1Br. The summed E-state index contributed by atoms with van der Waals surface area (Å²) < 4.78 is 39.8. The number of alkyl halides is 3. The van der Waals surface area contributed by atoms with E-state index in [1.54, 1.807) is 6.07 Å². The van der Waals surface area contributed by atoms with Crippen molar-refractivity contribution in [2.24, 2.45) is 0 Å². The van der Waals surface area contributed by atoms with Crippen LogP contribution in [0.25, 0.3) is 0 Å². The highest BCUT2D eigenvalue weighted by atomic mass is 79.9. The Morgan fingerprint density at radius 2 is 1.68 bits per heavy atom. The van der Waals surface area contributed by atoms with E-state index in [0.717, 1.165) is 13.1 Å². The lowest BCUT2D eigenvalue weighted by Crippen LogP contribution is -2.45. The van der Waals surface area contributed by atoms with Crippen molar-refractivity contribution < 1.29 is 18.3 Å². The maximum Gasteiger partial charge on any atom is 0.389 e. The summed E-state index contributed by atoms with van der Waals surface area (Å²) in [5.41, 5.74) is 0.650. The van der Waals surface area contributed by atoms with Gasteiger partial charge in [0.1, 0.15) is 5.75 Å². The molecule has 146 valence electrons. The van der Waals surface area contributed by atoms with Crippen molar-refractivity contribution in [3.63, 3.8) is 0 Å². The highest BCUT2D eigenvalue weighted by Gasteiger charge is 2.33. The first-order valence-corrected chi connectivity index (χ1v) is 9.46. The van der Waals surface area contributed by atoms with E-state index in [4.69, 9.17) is 0 Å². The lowest BCUT2D eigenvalue weighted by Gasteiger charge is -2.36. The Balaban J connectivity index is 0.00000288. The summed E-state index contributed by atoms with van der Waals surface area (Å²) in [7, 11) is 0. The number of aromatic hydroxyl groups is 1. The summed E-state index contributed by atoms with van der Waals surface area (Å²) >= 11 is 9.99. The van der Waals surface area contributed by atoms with Gasteiger partial charge in [0.25, 0.3) is 0 Å². The van der Waals surface area contributed by atoms with Gasteiger partial charge in [-0.05, 0) is 44.3 Å². The Morgan fingerprint density at radius 1 is 1.12 bits per heavy atom. The van der Waals surface area contributed by atoms with Gasteiger partial charge in [0.2, 0.25) is 0 Å². The van der Waals surface area contributed by atoms with Crippen molar-refractivity contribution in [2.45, 2.75) is 25.1 Å². The fourth-order valence-corrected chi connectivity index (χ4v) is 5.35. The fourth-order valence-electron chi connectivity index (χ4n) is 2.70. The van der Waals surface area contributed by atoms with Gasteiger partial charge in [-0.2, -0.15) is 13.2 Å². The van der Waals surface area contributed by atoms with E-state index in [-0.39, 0.29) is 37.0 Å². The molecule has 25 heavy (non-hydrogen) atoms. The molecule has 1 atom stereocenters. The second-order valence-corrected chi connectivity index (χ2v) is 7.87. The van der Waals surface area contributed by atoms with Gasteiger partial charge >= 0.3 is 6.18 Å². The number of phenols is 1. The third kappa shape index (κ3) is 7.01. The zero-order valence-electron chi connectivity index (χ0n) is 12.9. The van der Waals surface area contributed by atoms with E-state index in [9.17, 15) is 18.3 Å². The molecule has 0 aliphatic carbocycles. The molecular formula is C14H18Br3Cl2F3N2O. The van der Waals surface area contributed by atoms with E-state index >= 15 is 0 Å². The number of hydrogen-bond acceptors (Lipinski definition) is 3. The lowest BCUT2D eigenvalue weighted by atomic mass is 9.99. The molecule has 0 amide bonds. The van der Waals surface area contributed by atoms with Crippen LogP contribution in [0.1, 0.15) is 24.4 Å². The van der Waals surface area contributed by atoms with Gasteiger partial charge in [0.05, 0.1) is 8.95 Å². The summed E-state index contributed by atoms with van der Waals surface area (Å²) in [6.45, 7) is 2.80. The molecule has 1 aliphatic heterocycles. The minimum atomic E-state index is -4.21. The fraction of sp³-hybridized carbons (Fsp3) is 0.571. The lowest BCUT2D eigenvalue weighted by molar-refractivity contribution is -0.138. The van der Waals surface area contributed by atoms with Crippen LogP contribution in [0.2, 0.25) is 0 Å². The highest BCUT2D eigenvalue weighted by molar-refractivity contribution is 9.11. The molecule has 1 heterocycles. The zero-order chi connectivity index (χ0) is 17.2. The van der Waals surface area contributed by atoms with Crippen LogP contribution in [0, 0.1) is 0 Å². The molecular weight excluding hydrogens is 580 g/mol. The minimum absolute atomic E-state index is 0. The van der Waals surface area contributed by atoms with Crippen LogP contribution >= 0.6 is 72.6 Å². The number of phenolic OH excluding ortho intramolecular Hbond substituents is 1. The molecule has 0 spiro atoms. The maximum atomic E-state index is 12.7. The predicted octanol–water partition coefficient (Wildman–Crippen LogP) is 5.81. The van der Waals surface area contributed by atoms with Crippen molar-refractivity contribution in [2.75, 3.05) is 26.2 Å². The molecule has 1 aromatic rings. The minimum Gasteiger partial charge on any atom is -0.506 e. The van der Waals surface area contributed by atoms with Gasteiger partial charge < -0.3 is 10.4 Å². The summed E-state index contributed by atoms with van der Waals surface area (Å²) in [4.78, 5) is 2.03. The number of piperazine rings is 1.